The van der Waals surface area contributed by atoms with Crippen LogP contribution in [0.5, 0.6) is 0 Å². The monoisotopic (exact) mass is 199 g/mol. The number of anilines is 1. The van der Waals surface area contributed by atoms with Crippen LogP contribution >= 0.6 is 0 Å². The zero-order valence-corrected chi connectivity index (χ0v) is 8.88. The first-order chi connectivity index (χ1) is 7.27. The van der Waals surface area contributed by atoms with E-state index >= 15 is 0 Å². The van der Waals surface area contributed by atoms with Gasteiger partial charge in [-0.1, -0.05) is 12.1 Å². The van der Waals surface area contributed by atoms with Crippen LogP contribution in [0.4, 0.5) is 5.69 Å². The van der Waals surface area contributed by atoms with Gasteiger partial charge in [-0.3, -0.25) is 0 Å². The molecule has 2 aromatic rings. The van der Waals surface area contributed by atoms with Gasteiger partial charge in [-0.05, 0) is 18.2 Å². The molecule has 2 rings (SSSR count). The topological polar surface area (TPSA) is 29.0 Å². The molecule has 0 aliphatic carbocycles. The second-order valence-electron chi connectivity index (χ2n) is 3.54. The van der Waals surface area contributed by atoms with Gasteiger partial charge in [-0.15, -0.1) is 0 Å². The standard InChI is InChI=1S/C12H13N3/c1-15(2)11-5-3-10(4-6-11)12-7-8-13-9-14-12/h3-9H,1-2H3. The SMILES string of the molecule is CN(C)c1ccc(-c2ccncn2)cc1. The lowest BCUT2D eigenvalue weighted by molar-refractivity contribution is 1.13. The summed E-state index contributed by atoms with van der Waals surface area (Å²) in [5.74, 6) is 0. The van der Waals surface area contributed by atoms with Crippen LogP contribution in [-0.4, -0.2) is 24.1 Å². The first kappa shape index (κ1) is 9.65. The minimum absolute atomic E-state index is 0.954. The summed E-state index contributed by atoms with van der Waals surface area (Å²) in [5, 5.41) is 0. The smallest absolute Gasteiger partial charge is 0.116 e. The lowest BCUT2D eigenvalue weighted by atomic mass is 10.1. The highest BCUT2D eigenvalue weighted by atomic mass is 15.1. The maximum Gasteiger partial charge on any atom is 0.116 e. The van der Waals surface area contributed by atoms with Crippen LogP contribution in [0.2, 0.25) is 0 Å². The Morgan fingerprint density at radius 2 is 1.73 bits per heavy atom. The van der Waals surface area contributed by atoms with Crippen molar-refractivity contribution in [1.29, 1.82) is 0 Å². The van der Waals surface area contributed by atoms with E-state index in [4.69, 9.17) is 0 Å². The van der Waals surface area contributed by atoms with Gasteiger partial charge in [0.15, 0.2) is 0 Å². The predicted octanol–water partition coefficient (Wildman–Crippen LogP) is 2.21. The molecule has 1 heterocycles. The summed E-state index contributed by atoms with van der Waals surface area (Å²) in [6.45, 7) is 0. The largest absolute Gasteiger partial charge is 0.378 e. The minimum atomic E-state index is 0.954. The molecule has 0 amide bonds. The van der Waals surface area contributed by atoms with Gasteiger partial charge in [-0.2, -0.15) is 0 Å². The average molecular weight is 199 g/mol. The van der Waals surface area contributed by atoms with E-state index in [1.165, 1.54) is 5.69 Å². The summed E-state index contributed by atoms with van der Waals surface area (Å²) < 4.78 is 0. The number of hydrogen-bond acceptors (Lipinski definition) is 3. The van der Waals surface area contributed by atoms with Gasteiger partial charge in [0.2, 0.25) is 0 Å². The zero-order valence-electron chi connectivity index (χ0n) is 8.88. The normalized spacial score (nSPS) is 10.0. The van der Waals surface area contributed by atoms with Crippen molar-refractivity contribution >= 4 is 5.69 Å². The number of rotatable bonds is 2. The van der Waals surface area contributed by atoms with Gasteiger partial charge in [0.05, 0.1) is 5.69 Å². The molecule has 0 spiro atoms. The van der Waals surface area contributed by atoms with Crippen molar-refractivity contribution in [3.8, 4) is 11.3 Å². The van der Waals surface area contributed by atoms with Gasteiger partial charge < -0.3 is 4.90 Å². The van der Waals surface area contributed by atoms with Crippen LogP contribution in [0.3, 0.4) is 0 Å². The van der Waals surface area contributed by atoms with Crippen LogP contribution in [0, 0.1) is 0 Å². The summed E-state index contributed by atoms with van der Waals surface area (Å²) >= 11 is 0. The third-order valence-electron chi connectivity index (χ3n) is 2.26. The van der Waals surface area contributed by atoms with Gasteiger partial charge in [0.1, 0.15) is 6.33 Å². The lowest BCUT2D eigenvalue weighted by Gasteiger charge is -2.12. The maximum absolute atomic E-state index is 4.20. The molecule has 0 bridgehead atoms. The van der Waals surface area contributed by atoms with Gasteiger partial charge in [-0.25, -0.2) is 9.97 Å². The van der Waals surface area contributed by atoms with E-state index in [1.807, 2.05) is 20.2 Å². The van der Waals surface area contributed by atoms with Crippen LogP contribution in [0.1, 0.15) is 0 Å². The first-order valence-electron chi connectivity index (χ1n) is 4.81. The summed E-state index contributed by atoms with van der Waals surface area (Å²) in [7, 11) is 4.05. The van der Waals surface area contributed by atoms with Gasteiger partial charge in [0.25, 0.3) is 0 Å². The second kappa shape index (κ2) is 4.09. The van der Waals surface area contributed by atoms with E-state index in [-0.39, 0.29) is 0 Å². The Hall–Kier alpha value is -1.90. The Balaban J connectivity index is 2.32. The molecule has 0 aliphatic rings. The number of aromatic nitrogens is 2. The van der Waals surface area contributed by atoms with Crippen molar-refractivity contribution in [1.82, 2.24) is 9.97 Å². The molecule has 0 aliphatic heterocycles. The molecule has 0 saturated heterocycles. The molecule has 1 aromatic heterocycles. The molecule has 3 nitrogen and oxygen atoms in total. The molecule has 15 heavy (non-hydrogen) atoms. The van der Waals surface area contributed by atoms with E-state index in [0.29, 0.717) is 0 Å². The van der Waals surface area contributed by atoms with Crippen LogP contribution in [0.15, 0.2) is 42.9 Å². The second-order valence-corrected chi connectivity index (χ2v) is 3.54. The van der Waals surface area contributed by atoms with Crippen molar-refractivity contribution in [3.05, 3.63) is 42.9 Å². The van der Waals surface area contributed by atoms with Crippen LogP contribution < -0.4 is 4.90 Å². The van der Waals surface area contributed by atoms with Crippen molar-refractivity contribution in [2.45, 2.75) is 0 Å². The Labute approximate surface area is 89.4 Å². The van der Waals surface area contributed by atoms with E-state index in [1.54, 1.807) is 12.5 Å². The Morgan fingerprint density at radius 1 is 1.00 bits per heavy atom. The fourth-order valence-electron chi connectivity index (χ4n) is 1.39. The fraction of sp³-hybridized carbons (Fsp3) is 0.167. The van der Waals surface area contributed by atoms with Crippen molar-refractivity contribution in [3.63, 3.8) is 0 Å². The van der Waals surface area contributed by atoms with E-state index in [2.05, 4.69) is 39.1 Å². The molecule has 0 N–H and O–H groups in total. The summed E-state index contributed by atoms with van der Waals surface area (Å²) in [4.78, 5) is 10.2. The average Bonchev–Trinajstić information content (AvgIpc) is 2.30. The summed E-state index contributed by atoms with van der Waals surface area (Å²) in [5.41, 5.74) is 3.26. The third-order valence-corrected chi connectivity index (χ3v) is 2.26. The zero-order chi connectivity index (χ0) is 10.7. The predicted molar refractivity (Wildman–Crippen MR) is 61.8 cm³/mol. The highest BCUT2D eigenvalue weighted by Gasteiger charge is 1.99. The number of benzene rings is 1. The van der Waals surface area contributed by atoms with E-state index in [0.717, 1.165) is 11.3 Å². The highest BCUT2D eigenvalue weighted by Crippen LogP contribution is 2.19. The molecule has 0 unspecified atom stereocenters. The molecular weight excluding hydrogens is 186 g/mol. The van der Waals surface area contributed by atoms with Crippen LogP contribution in [0.25, 0.3) is 11.3 Å². The Morgan fingerprint density at radius 3 is 2.27 bits per heavy atom. The Bertz CT molecular complexity index is 420. The number of hydrogen-bond donors (Lipinski definition) is 0. The minimum Gasteiger partial charge on any atom is -0.378 e. The van der Waals surface area contributed by atoms with Crippen molar-refractivity contribution < 1.29 is 0 Å². The molecule has 0 fully saturated rings. The third kappa shape index (κ3) is 2.13. The fourth-order valence-corrected chi connectivity index (χ4v) is 1.39. The quantitative estimate of drug-likeness (QED) is 0.742. The first-order valence-corrected chi connectivity index (χ1v) is 4.81. The number of nitrogens with zero attached hydrogens (tertiary/aromatic N) is 3. The summed E-state index contributed by atoms with van der Waals surface area (Å²) in [6.07, 6.45) is 3.32. The van der Waals surface area contributed by atoms with Crippen molar-refractivity contribution in [2.24, 2.45) is 0 Å². The molecule has 3 heteroatoms. The maximum atomic E-state index is 4.20. The highest BCUT2D eigenvalue weighted by molar-refractivity contribution is 5.62. The Kier molecular flexibility index (Phi) is 2.63. The van der Waals surface area contributed by atoms with E-state index in [9.17, 15) is 0 Å². The lowest BCUT2D eigenvalue weighted by Crippen LogP contribution is -2.07. The molecule has 0 radical (unpaired) electrons. The molecule has 76 valence electrons. The van der Waals surface area contributed by atoms with E-state index < -0.39 is 0 Å². The van der Waals surface area contributed by atoms with Gasteiger partial charge in [0, 0.05) is 31.5 Å². The molecule has 0 saturated carbocycles. The van der Waals surface area contributed by atoms with Gasteiger partial charge >= 0.3 is 0 Å². The molecular formula is C12H13N3. The summed E-state index contributed by atoms with van der Waals surface area (Å²) in [6, 6.07) is 10.2. The van der Waals surface area contributed by atoms with Crippen LogP contribution in [-0.2, 0) is 0 Å². The molecule has 1 aromatic carbocycles. The van der Waals surface area contributed by atoms with Crippen molar-refractivity contribution in [2.75, 3.05) is 19.0 Å². The molecule has 0 atom stereocenters.